The molecule has 0 radical (unpaired) electrons. The van der Waals surface area contributed by atoms with Gasteiger partial charge in [-0.2, -0.15) is 0 Å². The summed E-state index contributed by atoms with van der Waals surface area (Å²) in [6.07, 6.45) is 0.295. The van der Waals surface area contributed by atoms with E-state index in [2.05, 4.69) is 56.4 Å². The molecule has 2 aromatic carbocycles. The van der Waals surface area contributed by atoms with Gasteiger partial charge >= 0.3 is 0 Å². The second-order valence-corrected chi connectivity index (χ2v) is 6.85. The smallest absolute Gasteiger partial charge is 0.261 e. The van der Waals surface area contributed by atoms with E-state index in [0.29, 0.717) is 0 Å². The zero-order chi connectivity index (χ0) is 18.6. The zero-order valence-corrected chi connectivity index (χ0v) is 16.1. The number of carbonyl (C=O) groups excluding carboxylic acids is 1. The van der Waals surface area contributed by atoms with Crippen molar-refractivity contribution in [2.24, 2.45) is 0 Å². The molecule has 0 fully saturated rings. The number of benzene rings is 2. The molecule has 0 aliphatic carbocycles. The van der Waals surface area contributed by atoms with Crippen molar-refractivity contribution in [3.05, 3.63) is 64.2 Å². The molecule has 1 N–H and O–H groups in total. The maximum Gasteiger partial charge on any atom is 0.261 e. The molecule has 3 nitrogen and oxygen atoms in total. The van der Waals surface area contributed by atoms with Crippen molar-refractivity contribution < 1.29 is 9.53 Å². The van der Waals surface area contributed by atoms with Gasteiger partial charge in [-0.3, -0.25) is 4.79 Å². The topological polar surface area (TPSA) is 38.3 Å². The monoisotopic (exact) mass is 339 g/mol. The highest BCUT2D eigenvalue weighted by Gasteiger charge is 2.20. The molecule has 0 spiro atoms. The molecule has 0 heterocycles. The van der Waals surface area contributed by atoms with Gasteiger partial charge in [0.15, 0.2) is 6.10 Å². The summed E-state index contributed by atoms with van der Waals surface area (Å²) in [5.41, 5.74) is 5.73. The number of nitrogens with one attached hydrogen (secondary N) is 1. The largest absolute Gasteiger partial charge is 0.481 e. The Labute approximate surface area is 151 Å². The van der Waals surface area contributed by atoms with Crippen LogP contribution in [-0.4, -0.2) is 12.0 Å². The van der Waals surface area contributed by atoms with Crippen LogP contribution in [0, 0.1) is 27.7 Å². The molecule has 2 aromatic rings. The van der Waals surface area contributed by atoms with Gasteiger partial charge in [0.1, 0.15) is 5.75 Å². The van der Waals surface area contributed by atoms with Crippen LogP contribution in [-0.2, 0) is 4.79 Å². The van der Waals surface area contributed by atoms with Gasteiger partial charge in [-0.15, -0.1) is 0 Å². The van der Waals surface area contributed by atoms with Crippen LogP contribution in [0.3, 0.4) is 0 Å². The summed E-state index contributed by atoms with van der Waals surface area (Å²) in [6, 6.07) is 12.4. The second kappa shape index (κ2) is 8.19. The molecule has 2 rings (SSSR count). The number of carbonyl (C=O) groups is 1. The van der Waals surface area contributed by atoms with Gasteiger partial charge in [0.05, 0.1) is 6.04 Å². The third-order valence-corrected chi connectivity index (χ3v) is 4.64. The Bertz CT molecular complexity index is 734. The van der Waals surface area contributed by atoms with E-state index in [1.54, 1.807) is 6.92 Å². The average Bonchev–Trinajstić information content (AvgIpc) is 2.57. The van der Waals surface area contributed by atoms with Gasteiger partial charge in [0, 0.05) is 0 Å². The van der Waals surface area contributed by atoms with Crippen LogP contribution in [0.4, 0.5) is 0 Å². The Morgan fingerprint density at radius 2 is 1.68 bits per heavy atom. The fraction of sp³-hybridized carbons (Fsp3) is 0.409. The Balaban J connectivity index is 2.08. The summed E-state index contributed by atoms with van der Waals surface area (Å²) in [6.45, 7) is 12.1. The van der Waals surface area contributed by atoms with E-state index in [4.69, 9.17) is 4.74 Å². The van der Waals surface area contributed by atoms with Crippen LogP contribution in [0.1, 0.15) is 54.1 Å². The first-order valence-electron chi connectivity index (χ1n) is 8.93. The van der Waals surface area contributed by atoms with Gasteiger partial charge < -0.3 is 10.1 Å². The molecule has 134 valence electrons. The summed E-state index contributed by atoms with van der Waals surface area (Å²) in [7, 11) is 0. The number of hydrogen-bond acceptors (Lipinski definition) is 2. The van der Waals surface area contributed by atoms with E-state index < -0.39 is 6.10 Å². The zero-order valence-electron chi connectivity index (χ0n) is 16.1. The molecular weight excluding hydrogens is 310 g/mol. The van der Waals surface area contributed by atoms with Crippen LogP contribution in [0.2, 0.25) is 0 Å². The summed E-state index contributed by atoms with van der Waals surface area (Å²) in [5.74, 6) is 0.689. The van der Waals surface area contributed by atoms with Crippen LogP contribution >= 0.6 is 0 Å². The molecule has 0 saturated heterocycles. The number of aryl methyl sites for hydroxylation is 3. The highest BCUT2D eigenvalue weighted by atomic mass is 16.5. The Morgan fingerprint density at radius 1 is 1.04 bits per heavy atom. The van der Waals surface area contributed by atoms with Crippen molar-refractivity contribution in [1.82, 2.24) is 5.32 Å². The molecule has 0 saturated carbocycles. The maximum absolute atomic E-state index is 12.6. The summed E-state index contributed by atoms with van der Waals surface area (Å²) in [5, 5.41) is 3.11. The molecule has 0 aliphatic rings. The minimum atomic E-state index is -0.542. The Morgan fingerprint density at radius 3 is 2.28 bits per heavy atom. The average molecular weight is 339 g/mol. The minimum absolute atomic E-state index is 0.000470. The molecule has 0 aromatic heterocycles. The lowest BCUT2D eigenvalue weighted by Gasteiger charge is -2.22. The van der Waals surface area contributed by atoms with E-state index in [1.165, 1.54) is 11.1 Å². The Kier molecular flexibility index (Phi) is 6.24. The lowest BCUT2D eigenvalue weighted by molar-refractivity contribution is -0.128. The summed E-state index contributed by atoms with van der Waals surface area (Å²) in [4.78, 5) is 12.6. The minimum Gasteiger partial charge on any atom is -0.481 e. The number of rotatable bonds is 6. The normalized spacial score (nSPS) is 13.2. The predicted molar refractivity (Wildman–Crippen MR) is 103 cm³/mol. The first-order chi connectivity index (χ1) is 11.8. The van der Waals surface area contributed by atoms with Gasteiger partial charge in [-0.1, -0.05) is 42.8 Å². The first kappa shape index (κ1) is 19.0. The SMILES string of the molecule is CC[C@@H](NC(=O)[C@H](C)Oc1cc(C)cc(C)c1C)c1ccc(C)cc1. The van der Waals surface area contributed by atoms with E-state index in [0.717, 1.165) is 28.9 Å². The number of hydrogen-bond donors (Lipinski definition) is 1. The van der Waals surface area contributed by atoms with Crippen molar-refractivity contribution >= 4 is 5.91 Å². The molecule has 0 unspecified atom stereocenters. The second-order valence-electron chi connectivity index (χ2n) is 6.85. The number of amides is 1. The highest BCUT2D eigenvalue weighted by molar-refractivity contribution is 5.81. The first-order valence-corrected chi connectivity index (χ1v) is 8.93. The predicted octanol–water partition coefficient (Wildman–Crippen LogP) is 4.96. The molecule has 1 amide bonds. The van der Waals surface area contributed by atoms with E-state index in [-0.39, 0.29) is 11.9 Å². The van der Waals surface area contributed by atoms with Crippen LogP contribution in [0.25, 0.3) is 0 Å². The van der Waals surface area contributed by atoms with Crippen molar-refractivity contribution in [3.63, 3.8) is 0 Å². The molecule has 0 aliphatic heterocycles. The lowest BCUT2D eigenvalue weighted by atomic mass is 10.0. The van der Waals surface area contributed by atoms with Gasteiger partial charge in [-0.05, 0) is 69.4 Å². The molecule has 3 heteroatoms. The van der Waals surface area contributed by atoms with Crippen molar-refractivity contribution in [3.8, 4) is 5.75 Å². The maximum atomic E-state index is 12.6. The van der Waals surface area contributed by atoms with Crippen molar-refractivity contribution in [2.75, 3.05) is 0 Å². The molecule has 25 heavy (non-hydrogen) atoms. The van der Waals surface area contributed by atoms with Crippen molar-refractivity contribution in [2.45, 2.75) is 60.1 Å². The number of ether oxygens (including phenoxy) is 1. The van der Waals surface area contributed by atoms with Crippen molar-refractivity contribution in [1.29, 1.82) is 0 Å². The van der Waals surface area contributed by atoms with E-state index >= 15 is 0 Å². The molecule has 0 bridgehead atoms. The van der Waals surface area contributed by atoms with Crippen LogP contribution in [0.15, 0.2) is 36.4 Å². The molecular formula is C22H29NO2. The lowest BCUT2D eigenvalue weighted by Crippen LogP contribution is -2.38. The standard InChI is InChI=1S/C22H29NO2/c1-7-20(19-10-8-14(2)9-11-19)23-22(24)18(6)25-21-13-15(3)12-16(4)17(21)5/h8-13,18,20H,7H2,1-6H3,(H,23,24)/t18-,20+/m0/s1. The Hall–Kier alpha value is -2.29. The van der Waals surface area contributed by atoms with E-state index in [9.17, 15) is 4.79 Å². The van der Waals surface area contributed by atoms with Gasteiger partial charge in [0.25, 0.3) is 5.91 Å². The fourth-order valence-corrected chi connectivity index (χ4v) is 2.88. The third-order valence-electron chi connectivity index (χ3n) is 4.64. The molecule has 2 atom stereocenters. The van der Waals surface area contributed by atoms with E-state index in [1.807, 2.05) is 19.9 Å². The highest BCUT2D eigenvalue weighted by Crippen LogP contribution is 2.25. The summed E-state index contributed by atoms with van der Waals surface area (Å²) >= 11 is 0. The van der Waals surface area contributed by atoms with Gasteiger partial charge in [0.2, 0.25) is 0 Å². The third kappa shape index (κ3) is 4.85. The quantitative estimate of drug-likeness (QED) is 0.808. The van der Waals surface area contributed by atoms with Gasteiger partial charge in [-0.25, -0.2) is 0 Å². The van der Waals surface area contributed by atoms with Crippen LogP contribution in [0.5, 0.6) is 5.75 Å². The van der Waals surface area contributed by atoms with Crippen LogP contribution < -0.4 is 10.1 Å². The fourth-order valence-electron chi connectivity index (χ4n) is 2.88. The summed E-state index contributed by atoms with van der Waals surface area (Å²) < 4.78 is 5.96.